The minimum absolute atomic E-state index is 0.0816. The molecule has 0 radical (unpaired) electrons. The van der Waals surface area contributed by atoms with Gasteiger partial charge in [-0.1, -0.05) is 33.1 Å². The van der Waals surface area contributed by atoms with Crippen LogP contribution in [0.5, 0.6) is 0 Å². The van der Waals surface area contributed by atoms with Gasteiger partial charge in [0, 0.05) is 6.04 Å². The van der Waals surface area contributed by atoms with Crippen LogP contribution in [0.2, 0.25) is 0 Å². The molecule has 0 saturated carbocycles. The Hall–Kier alpha value is -0.0900. The molecular formula is C10H23NO2S. The molecule has 86 valence electrons. The van der Waals surface area contributed by atoms with E-state index in [2.05, 4.69) is 11.6 Å². The molecule has 1 N–H and O–H groups in total. The standard InChI is InChI=1S/C10H23NO2S/c1-4-6-7-8-10(3)11-14(12,13)9-5-2/h10-11H,4-9H2,1-3H3. The summed E-state index contributed by atoms with van der Waals surface area (Å²) in [5.74, 6) is 0.241. The summed E-state index contributed by atoms with van der Waals surface area (Å²) in [6, 6.07) is 0.0816. The maximum atomic E-state index is 11.4. The lowest BCUT2D eigenvalue weighted by Gasteiger charge is -2.13. The van der Waals surface area contributed by atoms with Gasteiger partial charge in [-0.05, 0) is 19.8 Å². The van der Waals surface area contributed by atoms with Crippen molar-refractivity contribution in [3.05, 3.63) is 0 Å². The smallest absolute Gasteiger partial charge is 0.211 e. The molecule has 0 bridgehead atoms. The van der Waals surface area contributed by atoms with Gasteiger partial charge in [0.15, 0.2) is 0 Å². The highest BCUT2D eigenvalue weighted by Crippen LogP contribution is 2.04. The fourth-order valence-corrected chi connectivity index (χ4v) is 2.78. The Morgan fingerprint density at radius 3 is 2.29 bits per heavy atom. The third kappa shape index (κ3) is 7.33. The first kappa shape index (κ1) is 13.9. The zero-order valence-electron chi connectivity index (χ0n) is 9.54. The Morgan fingerprint density at radius 1 is 1.14 bits per heavy atom. The molecule has 0 aromatic heterocycles. The van der Waals surface area contributed by atoms with E-state index >= 15 is 0 Å². The molecular weight excluding hydrogens is 198 g/mol. The lowest BCUT2D eigenvalue weighted by atomic mass is 10.1. The summed E-state index contributed by atoms with van der Waals surface area (Å²) >= 11 is 0. The van der Waals surface area contributed by atoms with Gasteiger partial charge in [-0.25, -0.2) is 13.1 Å². The second-order valence-electron chi connectivity index (χ2n) is 3.83. The average Bonchev–Trinajstić information content (AvgIpc) is 2.03. The fraction of sp³-hybridized carbons (Fsp3) is 1.00. The molecule has 0 aromatic rings. The largest absolute Gasteiger partial charge is 0.212 e. The SMILES string of the molecule is CCCCCC(C)NS(=O)(=O)CCC. The number of hydrogen-bond acceptors (Lipinski definition) is 2. The Morgan fingerprint density at radius 2 is 1.79 bits per heavy atom. The Bertz CT molecular complexity index is 224. The zero-order valence-corrected chi connectivity index (χ0v) is 10.4. The summed E-state index contributed by atoms with van der Waals surface area (Å²) in [6.07, 6.45) is 5.08. The van der Waals surface area contributed by atoms with Crippen LogP contribution in [0.4, 0.5) is 0 Å². The van der Waals surface area contributed by atoms with Crippen LogP contribution in [0.1, 0.15) is 52.9 Å². The van der Waals surface area contributed by atoms with Gasteiger partial charge in [0.1, 0.15) is 0 Å². The van der Waals surface area contributed by atoms with Crippen LogP contribution in [0.3, 0.4) is 0 Å². The van der Waals surface area contributed by atoms with Crippen LogP contribution < -0.4 is 4.72 Å². The van der Waals surface area contributed by atoms with Crippen molar-refractivity contribution in [1.29, 1.82) is 0 Å². The third-order valence-electron chi connectivity index (χ3n) is 2.09. The highest BCUT2D eigenvalue weighted by Gasteiger charge is 2.12. The molecule has 0 aliphatic carbocycles. The van der Waals surface area contributed by atoms with Crippen molar-refractivity contribution in [2.75, 3.05) is 5.75 Å². The van der Waals surface area contributed by atoms with Crippen molar-refractivity contribution < 1.29 is 8.42 Å². The minimum atomic E-state index is -3.02. The van der Waals surface area contributed by atoms with Crippen molar-refractivity contribution >= 4 is 10.0 Å². The van der Waals surface area contributed by atoms with Crippen LogP contribution in [-0.2, 0) is 10.0 Å². The number of sulfonamides is 1. The quantitative estimate of drug-likeness (QED) is 0.639. The van der Waals surface area contributed by atoms with Crippen LogP contribution in [0.15, 0.2) is 0 Å². The van der Waals surface area contributed by atoms with Gasteiger partial charge in [0.05, 0.1) is 5.75 Å². The molecule has 0 fully saturated rings. The summed E-state index contributed by atoms with van der Waals surface area (Å²) in [5.41, 5.74) is 0. The number of unbranched alkanes of at least 4 members (excludes halogenated alkanes) is 2. The molecule has 0 spiro atoms. The van der Waals surface area contributed by atoms with E-state index in [1.165, 1.54) is 12.8 Å². The van der Waals surface area contributed by atoms with Gasteiger partial charge in [-0.3, -0.25) is 0 Å². The lowest BCUT2D eigenvalue weighted by molar-refractivity contribution is 0.526. The van der Waals surface area contributed by atoms with Crippen LogP contribution in [-0.4, -0.2) is 20.2 Å². The average molecular weight is 221 g/mol. The first-order valence-electron chi connectivity index (χ1n) is 5.51. The fourth-order valence-electron chi connectivity index (χ4n) is 1.39. The highest BCUT2D eigenvalue weighted by atomic mass is 32.2. The summed E-state index contributed by atoms with van der Waals surface area (Å²) in [7, 11) is -3.02. The van der Waals surface area contributed by atoms with Crippen LogP contribution in [0, 0.1) is 0 Å². The molecule has 0 aliphatic rings. The summed E-state index contributed by atoms with van der Waals surface area (Å²) in [5, 5.41) is 0. The van der Waals surface area contributed by atoms with Gasteiger partial charge < -0.3 is 0 Å². The van der Waals surface area contributed by atoms with Crippen molar-refractivity contribution in [2.24, 2.45) is 0 Å². The van der Waals surface area contributed by atoms with Crippen molar-refractivity contribution in [3.8, 4) is 0 Å². The van der Waals surface area contributed by atoms with Gasteiger partial charge in [-0.15, -0.1) is 0 Å². The van der Waals surface area contributed by atoms with E-state index in [1.807, 2.05) is 13.8 Å². The minimum Gasteiger partial charge on any atom is -0.212 e. The monoisotopic (exact) mass is 221 g/mol. The van der Waals surface area contributed by atoms with Crippen molar-refractivity contribution in [3.63, 3.8) is 0 Å². The summed E-state index contributed by atoms with van der Waals surface area (Å²) in [4.78, 5) is 0. The molecule has 0 saturated heterocycles. The van der Waals surface area contributed by atoms with E-state index in [0.29, 0.717) is 6.42 Å². The topological polar surface area (TPSA) is 46.2 Å². The predicted molar refractivity (Wildman–Crippen MR) is 60.8 cm³/mol. The molecule has 0 heterocycles. The van der Waals surface area contributed by atoms with Gasteiger partial charge in [0.25, 0.3) is 0 Å². The Kier molecular flexibility index (Phi) is 7.19. The normalized spacial score (nSPS) is 14.2. The number of rotatable bonds is 8. The van der Waals surface area contributed by atoms with E-state index < -0.39 is 10.0 Å². The molecule has 0 aliphatic heterocycles. The third-order valence-corrected chi connectivity index (χ3v) is 3.80. The van der Waals surface area contributed by atoms with Crippen molar-refractivity contribution in [1.82, 2.24) is 4.72 Å². The van der Waals surface area contributed by atoms with Crippen molar-refractivity contribution in [2.45, 2.75) is 58.9 Å². The molecule has 0 amide bonds. The van der Waals surface area contributed by atoms with E-state index in [1.54, 1.807) is 0 Å². The highest BCUT2D eigenvalue weighted by molar-refractivity contribution is 7.89. The molecule has 14 heavy (non-hydrogen) atoms. The van der Waals surface area contributed by atoms with E-state index in [-0.39, 0.29) is 11.8 Å². The van der Waals surface area contributed by atoms with E-state index in [4.69, 9.17) is 0 Å². The predicted octanol–water partition coefficient (Wildman–Crippen LogP) is 2.28. The molecule has 1 atom stereocenters. The first-order valence-corrected chi connectivity index (χ1v) is 7.17. The number of nitrogens with one attached hydrogen (secondary N) is 1. The summed E-state index contributed by atoms with van der Waals surface area (Å²) < 4.78 is 25.4. The van der Waals surface area contributed by atoms with Gasteiger partial charge >= 0.3 is 0 Å². The zero-order chi connectivity index (χ0) is 11.0. The van der Waals surface area contributed by atoms with E-state index in [0.717, 1.165) is 12.8 Å². The number of hydrogen-bond donors (Lipinski definition) is 1. The Balaban J connectivity index is 3.75. The second kappa shape index (κ2) is 7.23. The Labute approximate surface area is 88.3 Å². The van der Waals surface area contributed by atoms with Crippen LogP contribution >= 0.6 is 0 Å². The molecule has 0 rings (SSSR count). The molecule has 1 unspecified atom stereocenters. The van der Waals surface area contributed by atoms with Gasteiger partial charge in [0.2, 0.25) is 10.0 Å². The molecule has 4 heteroatoms. The summed E-state index contributed by atoms with van der Waals surface area (Å²) in [6.45, 7) is 5.95. The second-order valence-corrected chi connectivity index (χ2v) is 5.71. The van der Waals surface area contributed by atoms with Crippen LogP contribution in [0.25, 0.3) is 0 Å². The van der Waals surface area contributed by atoms with Gasteiger partial charge in [-0.2, -0.15) is 0 Å². The maximum Gasteiger partial charge on any atom is 0.211 e. The maximum absolute atomic E-state index is 11.4. The molecule has 3 nitrogen and oxygen atoms in total. The lowest BCUT2D eigenvalue weighted by Crippen LogP contribution is -2.34. The molecule has 0 aromatic carbocycles. The van der Waals surface area contributed by atoms with E-state index in [9.17, 15) is 8.42 Å². The first-order chi connectivity index (χ1) is 6.52.